The molecule has 0 amide bonds. The molecule has 3 nitrogen and oxygen atoms in total. The predicted molar refractivity (Wildman–Crippen MR) is 47.4 cm³/mol. The van der Waals surface area contributed by atoms with E-state index in [9.17, 15) is 9.18 Å². The molecule has 76 valence electrons. The number of hydrogen-bond donors (Lipinski definition) is 1. The third-order valence-electron chi connectivity index (χ3n) is 2.81. The van der Waals surface area contributed by atoms with Gasteiger partial charge in [0, 0.05) is 6.54 Å². The summed E-state index contributed by atoms with van der Waals surface area (Å²) in [5, 5.41) is 8.73. The number of nitrogens with zero attached hydrogens (tertiary/aromatic N) is 1. The Labute approximate surface area is 77.5 Å². The van der Waals surface area contributed by atoms with E-state index in [1.54, 1.807) is 0 Å². The van der Waals surface area contributed by atoms with Crippen LogP contribution in [0.2, 0.25) is 0 Å². The van der Waals surface area contributed by atoms with E-state index in [0.717, 1.165) is 13.0 Å². The van der Waals surface area contributed by atoms with Gasteiger partial charge in [-0.15, -0.1) is 0 Å². The average molecular weight is 189 g/mol. The van der Waals surface area contributed by atoms with Crippen molar-refractivity contribution in [2.24, 2.45) is 5.92 Å². The molecule has 1 aliphatic heterocycles. The second-order valence-electron chi connectivity index (χ2n) is 3.94. The maximum atomic E-state index is 14.0. The van der Waals surface area contributed by atoms with E-state index in [1.165, 1.54) is 6.92 Å². The average Bonchev–Trinajstić information content (AvgIpc) is 2.02. The summed E-state index contributed by atoms with van der Waals surface area (Å²) in [5.74, 6) is -1.95. The van der Waals surface area contributed by atoms with E-state index in [0.29, 0.717) is 6.42 Å². The van der Waals surface area contributed by atoms with Gasteiger partial charge in [0.15, 0.2) is 0 Å². The van der Waals surface area contributed by atoms with Gasteiger partial charge in [-0.1, -0.05) is 0 Å². The molecular formula is C9H16FNO2. The SMILES string of the molecule is CC(C(=O)O)C1(F)CCCN(C)C1. The van der Waals surface area contributed by atoms with E-state index in [2.05, 4.69) is 0 Å². The minimum Gasteiger partial charge on any atom is -0.481 e. The first-order chi connectivity index (χ1) is 5.96. The standard InChI is InChI=1S/C9H16FNO2/c1-7(8(12)13)9(10)4-3-5-11(2)6-9/h7H,3-6H2,1-2H3,(H,12,13). The van der Waals surface area contributed by atoms with Crippen molar-refractivity contribution in [3.8, 4) is 0 Å². The number of carbonyl (C=O) groups is 1. The van der Waals surface area contributed by atoms with Gasteiger partial charge in [-0.05, 0) is 33.4 Å². The van der Waals surface area contributed by atoms with Gasteiger partial charge < -0.3 is 10.0 Å². The molecule has 13 heavy (non-hydrogen) atoms. The molecule has 0 aromatic rings. The van der Waals surface area contributed by atoms with Gasteiger partial charge in [0.25, 0.3) is 0 Å². The summed E-state index contributed by atoms with van der Waals surface area (Å²) >= 11 is 0. The highest BCUT2D eigenvalue weighted by Crippen LogP contribution is 2.32. The number of piperidine rings is 1. The Morgan fingerprint density at radius 2 is 2.31 bits per heavy atom. The van der Waals surface area contributed by atoms with E-state index in [4.69, 9.17) is 5.11 Å². The van der Waals surface area contributed by atoms with Crippen molar-refractivity contribution in [1.29, 1.82) is 0 Å². The fourth-order valence-corrected chi connectivity index (χ4v) is 1.82. The van der Waals surface area contributed by atoms with E-state index < -0.39 is 17.6 Å². The molecule has 0 spiro atoms. The zero-order valence-electron chi connectivity index (χ0n) is 8.09. The number of hydrogen-bond acceptors (Lipinski definition) is 2. The first-order valence-corrected chi connectivity index (χ1v) is 4.56. The summed E-state index contributed by atoms with van der Waals surface area (Å²) in [6.45, 7) is 2.54. The molecule has 0 aliphatic carbocycles. The molecule has 0 aromatic heterocycles. The second-order valence-corrected chi connectivity index (χ2v) is 3.94. The Bertz CT molecular complexity index is 210. The van der Waals surface area contributed by atoms with Gasteiger partial charge in [0.1, 0.15) is 5.67 Å². The molecule has 1 fully saturated rings. The molecule has 1 N–H and O–H groups in total. The summed E-state index contributed by atoms with van der Waals surface area (Å²) < 4.78 is 14.0. The van der Waals surface area contributed by atoms with Crippen LogP contribution in [-0.2, 0) is 4.79 Å². The minimum absolute atomic E-state index is 0.237. The Hall–Kier alpha value is -0.640. The van der Waals surface area contributed by atoms with Crippen LogP contribution in [0.1, 0.15) is 19.8 Å². The van der Waals surface area contributed by atoms with Gasteiger partial charge in [-0.3, -0.25) is 4.79 Å². The molecule has 2 atom stereocenters. The fraction of sp³-hybridized carbons (Fsp3) is 0.889. The summed E-state index contributed by atoms with van der Waals surface area (Å²) in [5.41, 5.74) is -1.54. The summed E-state index contributed by atoms with van der Waals surface area (Å²) in [6, 6.07) is 0. The quantitative estimate of drug-likeness (QED) is 0.708. The van der Waals surface area contributed by atoms with Crippen molar-refractivity contribution in [3.63, 3.8) is 0 Å². The molecule has 0 saturated carbocycles. The molecule has 4 heteroatoms. The first-order valence-electron chi connectivity index (χ1n) is 4.56. The van der Waals surface area contributed by atoms with Gasteiger partial charge in [-0.2, -0.15) is 0 Å². The number of carboxylic acids is 1. The number of alkyl halides is 1. The van der Waals surface area contributed by atoms with Gasteiger partial charge in [0.2, 0.25) is 0 Å². The fourth-order valence-electron chi connectivity index (χ4n) is 1.82. The molecule has 1 rings (SSSR count). The second kappa shape index (κ2) is 3.62. The van der Waals surface area contributed by atoms with Gasteiger partial charge >= 0.3 is 5.97 Å². The number of halogens is 1. The van der Waals surface area contributed by atoms with Crippen molar-refractivity contribution >= 4 is 5.97 Å². The van der Waals surface area contributed by atoms with Crippen LogP contribution in [0.4, 0.5) is 4.39 Å². The zero-order chi connectivity index (χ0) is 10.1. The number of carboxylic acid groups (broad SMARTS) is 1. The highest BCUT2D eigenvalue weighted by Gasteiger charge is 2.43. The number of rotatable bonds is 2. The van der Waals surface area contributed by atoms with Crippen LogP contribution in [-0.4, -0.2) is 41.8 Å². The van der Waals surface area contributed by atoms with Crippen LogP contribution in [0.3, 0.4) is 0 Å². The molecule has 1 heterocycles. The molecule has 0 aromatic carbocycles. The van der Waals surface area contributed by atoms with Crippen LogP contribution >= 0.6 is 0 Å². The lowest BCUT2D eigenvalue weighted by Gasteiger charge is -2.37. The van der Waals surface area contributed by atoms with Crippen LogP contribution in [0.15, 0.2) is 0 Å². The van der Waals surface area contributed by atoms with Gasteiger partial charge in [0.05, 0.1) is 5.92 Å². The van der Waals surface area contributed by atoms with Crippen molar-refractivity contribution in [1.82, 2.24) is 4.90 Å². The molecule has 0 bridgehead atoms. The van der Waals surface area contributed by atoms with Crippen molar-refractivity contribution in [2.75, 3.05) is 20.1 Å². The smallest absolute Gasteiger partial charge is 0.309 e. The monoisotopic (exact) mass is 189 g/mol. The Balaban J connectivity index is 2.68. The third kappa shape index (κ3) is 2.18. The van der Waals surface area contributed by atoms with Crippen LogP contribution in [0.25, 0.3) is 0 Å². The normalized spacial score (nSPS) is 32.8. The lowest BCUT2D eigenvalue weighted by molar-refractivity contribution is -0.148. The summed E-state index contributed by atoms with van der Waals surface area (Å²) in [7, 11) is 1.82. The largest absolute Gasteiger partial charge is 0.481 e. The van der Waals surface area contributed by atoms with Gasteiger partial charge in [-0.25, -0.2) is 4.39 Å². The number of aliphatic carboxylic acids is 1. The predicted octanol–water partition coefficient (Wildman–Crippen LogP) is 1.14. The zero-order valence-corrected chi connectivity index (χ0v) is 8.09. The molecule has 0 radical (unpaired) electrons. The summed E-state index contributed by atoms with van der Waals surface area (Å²) in [4.78, 5) is 12.5. The Morgan fingerprint density at radius 1 is 1.69 bits per heavy atom. The first kappa shape index (κ1) is 10.4. The van der Waals surface area contributed by atoms with Crippen LogP contribution in [0, 0.1) is 5.92 Å². The molecule has 1 saturated heterocycles. The topological polar surface area (TPSA) is 40.5 Å². The highest BCUT2D eigenvalue weighted by molar-refractivity contribution is 5.71. The number of likely N-dealkylation sites (tertiary alicyclic amines) is 1. The third-order valence-corrected chi connectivity index (χ3v) is 2.81. The maximum Gasteiger partial charge on any atom is 0.309 e. The van der Waals surface area contributed by atoms with E-state index >= 15 is 0 Å². The summed E-state index contributed by atoms with van der Waals surface area (Å²) in [6.07, 6.45) is 1.11. The Kier molecular flexibility index (Phi) is 2.91. The van der Waals surface area contributed by atoms with E-state index in [-0.39, 0.29) is 6.54 Å². The van der Waals surface area contributed by atoms with Crippen LogP contribution < -0.4 is 0 Å². The lowest BCUT2D eigenvalue weighted by atomic mass is 9.83. The van der Waals surface area contributed by atoms with Crippen molar-refractivity contribution in [2.45, 2.75) is 25.4 Å². The van der Waals surface area contributed by atoms with Crippen molar-refractivity contribution < 1.29 is 14.3 Å². The minimum atomic E-state index is -1.54. The van der Waals surface area contributed by atoms with Crippen molar-refractivity contribution in [3.05, 3.63) is 0 Å². The van der Waals surface area contributed by atoms with Crippen LogP contribution in [0.5, 0.6) is 0 Å². The maximum absolute atomic E-state index is 14.0. The molecule has 2 unspecified atom stereocenters. The molecular weight excluding hydrogens is 173 g/mol. The van der Waals surface area contributed by atoms with E-state index in [1.807, 2.05) is 11.9 Å². The highest BCUT2D eigenvalue weighted by atomic mass is 19.1. The Morgan fingerprint density at radius 3 is 2.77 bits per heavy atom. The lowest BCUT2D eigenvalue weighted by Crippen LogP contribution is -2.49. The molecule has 1 aliphatic rings.